The van der Waals surface area contributed by atoms with Crippen molar-refractivity contribution >= 4 is 17.0 Å². The molecule has 2 aromatic carbocycles. The van der Waals surface area contributed by atoms with E-state index in [2.05, 4.69) is 11.9 Å². The summed E-state index contributed by atoms with van der Waals surface area (Å²) >= 11 is 0. The van der Waals surface area contributed by atoms with Crippen LogP contribution in [0.1, 0.15) is 25.6 Å². The lowest BCUT2D eigenvalue weighted by atomic mass is 9.84. The number of hydrogen-bond acceptors (Lipinski definition) is 4. The van der Waals surface area contributed by atoms with Crippen molar-refractivity contribution in [2.75, 3.05) is 0 Å². The molecule has 26 heavy (non-hydrogen) atoms. The molecule has 1 aliphatic rings. The minimum Gasteiger partial charge on any atom is -0.486 e. The summed E-state index contributed by atoms with van der Waals surface area (Å²) in [5.41, 5.74) is 1.77. The first-order chi connectivity index (χ1) is 12.7. The Morgan fingerprint density at radius 3 is 2.62 bits per heavy atom. The number of esters is 1. The van der Waals surface area contributed by atoms with E-state index in [4.69, 9.17) is 9.47 Å². The van der Waals surface area contributed by atoms with Crippen molar-refractivity contribution in [1.82, 2.24) is 9.55 Å². The Labute approximate surface area is 152 Å². The first kappa shape index (κ1) is 16.6. The van der Waals surface area contributed by atoms with Crippen LogP contribution in [0, 0.1) is 5.92 Å². The van der Waals surface area contributed by atoms with Gasteiger partial charge < -0.3 is 14.0 Å². The molecule has 0 saturated heterocycles. The van der Waals surface area contributed by atoms with E-state index in [0.29, 0.717) is 18.3 Å². The maximum Gasteiger partial charge on any atom is 0.326 e. The van der Waals surface area contributed by atoms with Crippen LogP contribution in [0.3, 0.4) is 0 Å². The van der Waals surface area contributed by atoms with E-state index in [1.165, 1.54) is 0 Å². The molecule has 0 atom stereocenters. The number of rotatable bonds is 6. The number of imidazole rings is 1. The van der Waals surface area contributed by atoms with Crippen molar-refractivity contribution < 1.29 is 14.3 Å². The Kier molecular flexibility index (Phi) is 4.61. The van der Waals surface area contributed by atoms with E-state index >= 15 is 0 Å². The molecular weight excluding hydrogens is 328 g/mol. The molecule has 1 aliphatic carbocycles. The topological polar surface area (TPSA) is 53.4 Å². The standard InChI is InChI=1S/C21H22N2O3/c1-15-11-17(12-15)26-21(24)13-23-19-10-6-5-9-18(19)22-20(23)14-25-16-7-3-2-4-8-16/h2-10,15,17H,11-14H2,1H3. The number of hydrogen-bond donors (Lipinski definition) is 0. The third-order valence-electron chi connectivity index (χ3n) is 4.76. The van der Waals surface area contributed by atoms with Gasteiger partial charge in [0.05, 0.1) is 11.0 Å². The lowest BCUT2D eigenvalue weighted by Crippen LogP contribution is -2.33. The number of carbonyl (C=O) groups excluding carboxylic acids is 1. The van der Waals surface area contributed by atoms with Gasteiger partial charge in [0, 0.05) is 0 Å². The monoisotopic (exact) mass is 350 g/mol. The zero-order valence-corrected chi connectivity index (χ0v) is 14.8. The second-order valence-electron chi connectivity index (χ2n) is 6.89. The minimum atomic E-state index is -0.217. The molecule has 0 N–H and O–H groups in total. The summed E-state index contributed by atoms with van der Waals surface area (Å²) in [6.45, 7) is 2.62. The molecule has 4 rings (SSSR count). The normalized spacial score (nSPS) is 19.1. The van der Waals surface area contributed by atoms with Gasteiger partial charge in [0.2, 0.25) is 0 Å². The number of benzene rings is 2. The quantitative estimate of drug-likeness (QED) is 0.632. The lowest BCUT2D eigenvalue weighted by Gasteiger charge is -2.32. The number of fused-ring (bicyclic) bond motifs is 1. The van der Waals surface area contributed by atoms with Crippen molar-refractivity contribution in [2.45, 2.75) is 39.0 Å². The molecule has 5 nitrogen and oxygen atoms in total. The molecule has 1 saturated carbocycles. The van der Waals surface area contributed by atoms with Crippen molar-refractivity contribution in [3.8, 4) is 5.75 Å². The molecular formula is C21H22N2O3. The largest absolute Gasteiger partial charge is 0.486 e. The van der Waals surface area contributed by atoms with E-state index in [1.807, 2.05) is 59.2 Å². The molecule has 3 aromatic rings. The predicted molar refractivity (Wildman–Crippen MR) is 98.8 cm³/mol. The van der Waals surface area contributed by atoms with Gasteiger partial charge in [-0.3, -0.25) is 4.79 Å². The van der Waals surface area contributed by atoms with Gasteiger partial charge in [-0.15, -0.1) is 0 Å². The van der Waals surface area contributed by atoms with Crippen LogP contribution >= 0.6 is 0 Å². The van der Waals surface area contributed by atoms with Gasteiger partial charge in [-0.25, -0.2) is 4.98 Å². The zero-order valence-electron chi connectivity index (χ0n) is 14.8. The first-order valence-electron chi connectivity index (χ1n) is 9.00. The summed E-state index contributed by atoms with van der Waals surface area (Å²) in [4.78, 5) is 17.0. The Bertz CT molecular complexity index is 898. The van der Waals surface area contributed by atoms with Gasteiger partial charge in [-0.05, 0) is 43.0 Å². The highest BCUT2D eigenvalue weighted by Gasteiger charge is 2.29. The highest BCUT2D eigenvalue weighted by Crippen LogP contribution is 2.29. The summed E-state index contributed by atoms with van der Waals surface area (Å²) in [5.74, 6) is 1.92. The summed E-state index contributed by atoms with van der Waals surface area (Å²) in [6.07, 6.45) is 1.98. The van der Waals surface area contributed by atoms with Crippen LogP contribution in [-0.4, -0.2) is 21.6 Å². The van der Waals surface area contributed by atoms with E-state index in [1.54, 1.807) is 0 Å². The Balaban J connectivity index is 1.52. The molecule has 134 valence electrons. The van der Waals surface area contributed by atoms with Gasteiger partial charge >= 0.3 is 5.97 Å². The first-order valence-corrected chi connectivity index (χ1v) is 9.00. The average molecular weight is 350 g/mol. The van der Waals surface area contributed by atoms with Crippen molar-refractivity contribution in [3.05, 3.63) is 60.4 Å². The molecule has 1 aromatic heterocycles. The summed E-state index contributed by atoms with van der Waals surface area (Å²) in [5, 5.41) is 0. The van der Waals surface area contributed by atoms with Crippen molar-refractivity contribution in [2.24, 2.45) is 5.92 Å². The van der Waals surface area contributed by atoms with Crippen LogP contribution in [-0.2, 0) is 22.7 Å². The number of nitrogens with zero attached hydrogens (tertiary/aromatic N) is 2. The van der Waals surface area contributed by atoms with Gasteiger partial charge in [0.1, 0.15) is 30.8 Å². The van der Waals surface area contributed by atoms with E-state index in [-0.39, 0.29) is 18.6 Å². The third-order valence-corrected chi connectivity index (χ3v) is 4.76. The van der Waals surface area contributed by atoms with Crippen LogP contribution < -0.4 is 4.74 Å². The molecule has 0 amide bonds. The van der Waals surface area contributed by atoms with Gasteiger partial charge in [-0.1, -0.05) is 37.3 Å². The molecule has 0 aliphatic heterocycles. The second-order valence-corrected chi connectivity index (χ2v) is 6.89. The SMILES string of the molecule is CC1CC(OC(=O)Cn2c(COc3ccccc3)nc3ccccc32)C1. The van der Waals surface area contributed by atoms with E-state index in [9.17, 15) is 4.79 Å². The fourth-order valence-electron chi connectivity index (χ4n) is 3.35. The van der Waals surface area contributed by atoms with E-state index < -0.39 is 0 Å². The lowest BCUT2D eigenvalue weighted by molar-refractivity contribution is -0.155. The smallest absolute Gasteiger partial charge is 0.326 e. The van der Waals surface area contributed by atoms with Crippen LogP contribution in [0.25, 0.3) is 11.0 Å². The number of carbonyl (C=O) groups is 1. The number of ether oxygens (including phenoxy) is 2. The molecule has 1 heterocycles. The zero-order chi connectivity index (χ0) is 17.9. The van der Waals surface area contributed by atoms with Crippen molar-refractivity contribution in [1.29, 1.82) is 0 Å². The fourth-order valence-corrected chi connectivity index (χ4v) is 3.35. The Hall–Kier alpha value is -2.82. The highest BCUT2D eigenvalue weighted by atomic mass is 16.5. The summed E-state index contributed by atoms with van der Waals surface area (Å²) in [6, 6.07) is 17.4. The van der Waals surface area contributed by atoms with Gasteiger partial charge in [0.25, 0.3) is 0 Å². The van der Waals surface area contributed by atoms with Gasteiger partial charge in [0.15, 0.2) is 0 Å². The molecule has 0 radical (unpaired) electrons. The maximum atomic E-state index is 12.4. The van der Waals surface area contributed by atoms with Crippen LogP contribution in [0.5, 0.6) is 5.75 Å². The van der Waals surface area contributed by atoms with Crippen LogP contribution in [0.15, 0.2) is 54.6 Å². The number of para-hydroxylation sites is 3. The Morgan fingerprint density at radius 2 is 1.85 bits per heavy atom. The van der Waals surface area contributed by atoms with E-state index in [0.717, 1.165) is 29.6 Å². The van der Waals surface area contributed by atoms with Gasteiger partial charge in [-0.2, -0.15) is 0 Å². The summed E-state index contributed by atoms with van der Waals surface area (Å²) < 4.78 is 13.3. The minimum absolute atomic E-state index is 0.0660. The van der Waals surface area contributed by atoms with Crippen LogP contribution in [0.4, 0.5) is 0 Å². The van der Waals surface area contributed by atoms with Crippen molar-refractivity contribution in [3.63, 3.8) is 0 Å². The summed E-state index contributed by atoms with van der Waals surface area (Å²) in [7, 11) is 0. The molecule has 0 bridgehead atoms. The maximum absolute atomic E-state index is 12.4. The van der Waals surface area contributed by atoms with Crippen LogP contribution in [0.2, 0.25) is 0 Å². The average Bonchev–Trinajstić information content (AvgIpc) is 2.97. The molecule has 1 fully saturated rings. The Morgan fingerprint density at radius 1 is 1.12 bits per heavy atom. The molecule has 0 unspecified atom stereocenters. The molecule has 0 spiro atoms. The molecule has 5 heteroatoms. The fraction of sp³-hybridized carbons (Fsp3) is 0.333. The highest BCUT2D eigenvalue weighted by molar-refractivity contribution is 5.79. The number of aromatic nitrogens is 2. The second kappa shape index (κ2) is 7.20. The predicted octanol–water partition coefficient (Wildman–Crippen LogP) is 3.96. The third kappa shape index (κ3) is 3.57.